The van der Waals surface area contributed by atoms with Crippen LogP contribution in [0, 0.1) is 0 Å². The highest BCUT2D eigenvalue weighted by molar-refractivity contribution is 5.94. The maximum absolute atomic E-state index is 12.7. The maximum Gasteiger partial charge on any atom is 0.417 e. The molecule has 1 saturated heterocycles. The van der Waals surface area contributed by atoms with Gasteiger partial charge in [-0.1, -0.05) is 6.92 Å². The molecule has 3 rings (SSSR count). The lowest BCUT2D eigenvalue weighted by molar-refractivity contribution is -0.137. The number of anilines is 2. The monoisotopic (exact) mass is 434 g/mol. The first-order valence-electron chi connectivity index (χ1n) is 10.8. The van der Waals surface area contributed by atoms with Gasteiger partial charge in [0.05, 0.1) is 5.56 Å². The van der Waals surface area contributed by atoms with Crippen molar-refractivity contribution in [3.05, 3.63) is 53.7 Å². The van der Waals surface area contributed by atoms with E-state index in [1.54, 1.807) is 0 Å². The predicted octanol–water partition coefficient (Wildman–Crippen LogP) is 4.74. The van der Waals surface area contributed by atoms with Gasteiger partial charge in [0.2, 0.25) is 0 Å². The predicted molar refractivity (Wildman–Crippen MR) is 117 cm³/mol. The van der Waals surface area contributed by atoms with Crippen LogP contribution in [0.1, 0.15) is 49.0 Å². The number of aromatic nitrogens is 1. The van der Waals surface area contributed by atoms with Gasteiger partial charge in [-0.25, -0.2) is 4.98 Å². The smallest absolute Gasteiger partial charge is 0.372 e. The lowest BCUT2D eigenvalue weighted by Gasteiger charge is -2.33. The van der Waals surface area contributed by atoms with Crippen molar-refractivity contribution in [2.75, 3.05) is 36.0 Å². The zero-order valence-corrected chi connectivity index (χ0v) is 18.0. The van der Waals surface area contributed by atoms with Crippen molar-refractivity contribution in [2.45, 2.75) is 45.3 Å². The van der Waals surface area contributed by atoms with E-state index in [4.69, 9.17) is 0 Å². The molecular formula is C23H29F3N4O. The second-order valence-corrected chi connectivity index (χ2v) is 7.76. The molecule has 1 fully saturated rings. The average Bonchev–Trinajstić information content (AvgIpc) is 2.77. The van der Waals surface area contributed by atoms with E-state index in [0.717, 1.165) is 37.5 Å². The average molecular weight is 435 g/mol. The van der Waals surface area contributed by atoms with Crippen LogP contribution in [0.25, 0.3) is 0 Å². The van der Waals surface area contributed by atoms with E-state index in [1.807, 2.05) is 29.2 Å². The van der Waals surface area contributed by atoms with E-state index in [9.17, 15) is 18.0 Å². The number of benzene rings is 1. The molecule has 0 radical (unpaired) electrons. The standard InChI is InChI=1S/C23H29F3N4O/c1-3-13-29(4-2)20-8-5-17(6-9-20)22(31)28-19-11-14-30(15-12-19)21-10-7-18(16-27-21)23(24,25)26/h5-10,16,19H,3-4,11-15H2,1-2H3,(H,28,31). The lowest BCUT2D eigenvalue weighted by Crippen LogP contribution is -2.45. The first-order chi connectivity index (χ1) is 14.8. The SMILES string of the molecule is CCCN(CC)c1ccc(C(=O)NC2CCN(c3ccc(C(F)(F)F)cn3)CC2)cc1. The summed E-state index contributed by atoms with van der Waals surface area (Å²) in [6.45, 7) is 7.42. The molecule has 0 spiro atoms. The molecule has 8 heteroatoms. The van der Waals surface area contributed by atoms with Gasteiger partial charge in [-0.15, -0.1) is 0 Å². The number of alkyl halides is 3. The van der Waals surface area contributed by atoms with Gasteiger partial charge in [0.1, 0.15) is 5.82 Å². The number of hydrogen-bond donors (Lipinski definition) is 1. The summed E-state index contributed by atoms with van der Waals surface area (Å²) in [6.07, 6.45) is -1.02. The molecule has 0 aliphatic carbocycles. The van der Waals surface area contributed by atoms with Crippen LogP contribution < -0.4 is 15.1 Å². The summed E-state index contributed by atoms with van der Waals surface area (Å²) in [5.74, 6) is 0.428. The first kappa shape index (κ1) is 22.9. The molecule has 0 saturated carbocycles. The van der Waals surface area contributed by atoms with E-state index >= 15 is 0 Å². The maximum atomic E-state index is 12.7. The highest BCUT2D eigenvalue weighted by Crippen LogP contribution is 2.29. The topological polar surface area (TPSA) is 48.5 Å². The summed E-state index contributed by atoms with van der Waals surface area (Å²) >= 11 is 0. The second-order valence-electron chi connectivity index (χ2n) is 7.76. The van der Waals surface area contributed by atoms with Crippen LogP contribution in [0.4, 0.5) is 24.7 Å². The normalized spacial score (nSPS) is 15.1. The van der Waals surface area contributed by atoms with E-state index in [0.29, 0.717) is 37.3 Å². The molecule has 0 unspecified atom stereocenters. The van der Waals surface area contributed by atoms with Crippen LogP contribution in [-0.2, 0) is 6.18 Å². The number of hydrogen-bond acceptors (Lipinski definition) is 4. The first-order valence-corrected chi connectivity index (χ1v) is 10.8. The van der Waals surface area contributed by atoms with Crippen molar-refractivity contribution in [2.24, 2.45) is 0 Å². The zero-order chi connectivity index (χ0) is 22.4. The minimum absolute atomic E-state index is 0.0325. The Morgan fingerprint density at radius 1 is 1.13 bits per heavy atom. The third-order valence-corrected chi connectivity index (χ3v) is 5.60. The number of carbonyl (C=O) groups is 1. The van der Waals surface area contributed by atoms with Gasteiger partial charge >= 0.3 is 6.18 Å². The van der Waals surface area contributed by atoms with Crippen LogP contribution in [0.3, 0.4) is 0 Å². The molecule has 1 amide bonds. The summed E-state index contributed by atoms with van der Waals surface area (Å²) in [7, 11) is 0. The van der Waals surface area contributed by atoms with E-state index in [1.165, 1.54) is 6.07 Å². The van der Waals surface area contributed by atoms with Gasteiger partial charge < -0.3 is 15.1 Å². The molecule has 0 atom stereocenters. The van der Waals surface area contributed by atoms with E-state index in [-0.39, 0.29) is 11.9 Å². The third-order valence-electron chi connectivity index (χ3n) is 5.60. The summed E-state index contributed by atoms with van der Waals surface area (Å²) in [5.41, 5.74) is 0.988. The van der Waals surface area contributed by atoms with Gasteiger partial charge in [-0.05, 0) is 62.6 Å². The van der Waals surface area contributed by atoms with Crippen molar-refractivity contribution in [3.8, 4) is 0 Å². The molecule has 1 aromatic heterocycles. The Morgan fingerprint density at radius 3 is 2.32 bits per heavy atom. The van der Waals surface area contributed by atoms with Crippen molar-refractivity contribution in [1.82, 2.24) is 10.3 Å². The van der Waals surface area contributed by atoms with Crippen LogP contribution in [-0.4, -0.2) is 43.1 Å². The number of carbonyl (C=O) groups excluding carboxylic acids is 1. The van der Waals surface area contributed by atoms with Crippen molar-refractivity contribution in [1.29, 1.82) is 0 Å². The molecule has 0 bridgehead atoms. The minimum Gasteiger partial charge on any atom is -0.372 e. The number of nitrogens with one attached hydrogen (secondary N) is 1. The van der Waals surface area contributed by atoms with E-state index in [2.05, 4.69) is 29.0 Å². The molecule has 2 aromatic rings. The number of pyridine rings is 1. The highest BCUT2D eigenvalue weighted by atomic mass is 19.4. The fraction of sp³-hybridized carbons (Fsp3) is 0.478. The number of amides is 1. The number of nitrogens with zero attached hydrogens (tertiary/aromatic N) is 3. The van der Waals surface area contributed by atoms with Crippen LogP contribution >= 0.6 is 0 Å². The molecule has 1 aliphatic heterocycles. The molecule has 1 aromatic carbocycles. The molecule has 1 aliphatic rings. The third kappa shape index (κ3) is 5.89. The summed E-state index contributed by atoms with van der Waals surface area (Å²) in [6, 6.07) is 10.2. The van der Waals surface area contributed by atoms with Gasteiger partial charge in [-0.3, -0.25) is 4.79 Å². The Kier molecular flexibility index (Phi) is 7.41. The van der Waals surface area contributed by atoms with Gasteiger partial charge in [0.25, 0.3) is 5.91 Å². The number of piperidine rings is 1. The van der Waals surface area contributed by atoms with Gasteiger partial charge in [0.15, 0.2) is 0 Å². The van der Waals surface area contributed by atoms with E-state index < -0.39 is 11.7 Å². The molecule has 31 heavy (non-hydrogen) atoms. The minimum atomic E-state index is -4.38. The van der Waals surface area contributed by atoms with Crippen molar-refractivity contribution < 1.29 is 18.0 Å². The fourth-order valence-corrected chi connectivity index (χ4v) is 3.83. The quantitative estimate of drug-likeness (QED) is 0.684. The molecule has 5 nitrogen and oxygen atoms in total. The second kappa shape index (κ2) is 10.0. The highest BCUT2D eigenvalue weighted by Gasteiger charge is 2.31. The Balaban J connectivity index is 1.52. The molecule has 2 heterocycles. The van der Waals surface area contributed by atoms with Crippen molar-refractivity contribution in [3.63, 3.8) is 0 Å². The largest absolute Gasteiger partial charge is 0.417 e. The van der Waals surface area contributed by atoms with Gasteiger partial charge in [0, 0.05) is 49.7 Å². The Labute approximate surface area is 181 Å². The number of halogens is 3. The lowest BCUT2D eigenvalue weighted by atomic mass is 10.0. The fourth-order valence-electron chi connectivity index (χ4n) is 3.83. The van der Waals surface area contributed by atoms with Crippen LogP contribution in [0.2, 0.25) is 0 Å². The Morgan fingerprint density at radius 2 is 1.81 bits per heavy atom. The summed E-state index contributed by atoms with van der Waals surface area (Å²) in [5, 5.41) is 3.08. The molecular weight excluding hydrogens is 405 g/mol. The Hall–Kier alpha value is -2.77. The summed E-state index contributed by atoms with van der Waals surface area (Å²) < 4.78 is 38.1. The van der Waals surface area contributed by atoms with Gasteiger partial charge in [-0.2, -0.15) is 13.2 Å². The summed E-state index contributed by atoms with van der Waals surface area (Å²) in [4.78, 5) is 20.8. The number of rotatable bonds is 7. The molecule has 168 valence electrons. The van der Waals surface area contributed by atoms with Crippen molar-refractivity contribution >= 4 is 17.4 Å². The molecule has 1 N–H and O–H groups in total. The van der Waals surface area contributed by atoms with Crippen LogP contribution in [0.15, 0.2) is 42.6 Å². The van der Waals surface area contributed by atoms with Crippen LogP contribution in [0.5, 0.6) is 0 Å². The zero-order valence-electron chi connectivity index (χ0n) is 18.0. The Bertz CT molecular complexity index is 845.